The topological polar surface area (TPSA) is 116 Å². The van der Waals surface area contributed by atoms with Crippen LogP contribution in [0.5, 0.6) is 0 Å². The summed E-state index contributed by atoms with van der Waals surface area (Å²) < 4.78 is 10.0. The summed E-state index contributed by atoms with van der Waals surface area (Å²) in [5.41, 5.74) is 1.31. The second-order valence-electron chi connectivity index (χ2n) is 8.05. The molecule has 10 heteroatoms. The second kappa shape index (κ2) is 14.1. The van der Waals surface area contributed by atoms with E-state index >= 15 is 0 Å². The minimum absolute atomic E-state index is 0.0391. The third-order valence-corrected chi connectivity index (χ3v) is 5.76. The number of ether oxygens (including phenoxy) is 2. The van der Waals surface area contributed by atoms with Gasteiger partial charge in [0, 0.05) is 34.7 Å². The molecule has 0 fully saturated rings. The molecule has 196 valence electrons. The average Bonchev–Trinajstić information content (AvgIpc) is 2.91. The Morgan fingerprint density at radius 3 is 2.08 bits per heavy atom. The number of rotatable bonds is 12. The van der Waals surface area contributed by atoms with E-state index in [0.29, 0.717) is 16.3 Å². The van der Waals surface area contributed by atoms with Crippen LogP contribution in [0.1, 0.15) is 50.3 Å². The summed E-state index contributed by atoms with van der Waals surface area (Å²) in [6.45, 7) is -0.853. The minimum Gasteiger partial charge on any atom is -0.457 e. The summed E-state index contributed by atoms with van der Waals surface area (Å²) in [7, 11) is 0. The Bertz CT molecular complexity index is 1320. The molecule has 0 heterocycles. The number of hydrogen-bond donors (Lipinski definition) is 1. The highest BCUT2D eigenvalue weighted by Crippen LogP contribution is 2.21. The van der Waals surface area contributed by atoms with Crippen LogP contribution < -0.4 is 5.32 Å². The highest BCUT2D eigenvalue weighted by Gasteiger charge is 2.15. The molecule has 0 aliphatic heterocycles. The fourth-order valence-electron chi connectivity index (χ4n) is 3.24. The van der Waals surface area contributed by atoms with Crippen molar-refractivity contribution in [3.63, 3.8) is 0 Å². The van der Waals surface area contributed by atoms with Gasteiger partial charge in [0.1, 0.15) is 0 Å². The van der Waals surface area contributed by atoms with Gasteiger partial charge in [0.2, 0.25) is 11.7 Å². The molecule has 0 unspecified atom stereocenters. The number of esters is 2. The lowest BCUT2D eigenvalue weighted by Gasteiger charge is -2.08. The average molecular weight is 556 g/mol. The van der Waals surface area contributed by atoms with Gasteiger partial charge in [-0.15, -0.1) is 0 Å². The van der Waals surface area contributed by atoms with Crippen molar-refractivity contribution < 1.29 is 33.4 Å². The Morgan fingerprint density at radius 1 is 0.711 bits per heavy atom. The van der Waals surface area contributed by atoms with Crippen LogP contribution >= 0.6 is 23.2 Å². The second-order valence-corrected chi connectivity index (χ2v) is 8.90. The molecule has 8 nitrogen and oxygen atoms in total. The first-order valence-electron chi connectivity index (χ1n) is 11.5. The van der Waals surface area contributed by atoms with Crippen LogP contribution in [0.15, 0.2) is 72.8 Å². The van der Waals surface area contributed by atoms with Crippen molar-refractivity contribution in [2.45, 2.75) is 19.3 Å². The van der Waals surface area contributed by atoms with E-state index in [1.165, 1.54) is 42.5 Å². The number of nitrogens with one attached hydrogen (secondary N) is 1. The largest absolute Gasteiger partial charge is 0.457 e. The fraction of sp³-hybridized carbons (Fsp3) is 0.179. The van der Waals surface area contributed by atoms with Gasteiger partial charge in [0.15, 0.2) is 19.0 Å². The fourth-order valence-corrected chi connectivity index (χ4v) is 3.75. The van der Waals surface area contributed by atoms with Crippen LogP contribution in [0.4, 0.5) is 5.69 Å². The van der Waals surface area contributed by atoms with Gasteiger partial charge in [-0.1, -0.05) is 53.5 Å². The molecule has 3 rings (SSSR count). The zero-order chi connectivity index (χ0) is 27.5. The first kappa shape index (κ1) is 28.6. The molecular formula is C28H23Cl2NO7. The molecule has 0 saturated carbocycles. The van der Waals surface area contributed by atoms with Crippen LogP contribution in [0, 0.1) is 0 Å². The van der Waals surface area contributed by atoms with Crippen molar-refractivity contribution in [3.8, 4) is 0 Å². The number of carbonyl (C=O) groups is 5. The number of halogens is 2. The van der Waals surface area contributed by atoms with Gasteiger partial charge in [-0.3, -0.25) is 19.2 Å². The molecule has 3 aromatic carbocycles. The van der Waals surface area contributed by atoms with Gasteiger partial charge in [-0.25, -0.2) is 4.79 Å². The van der Waals surface area contributed by atoms with E-state index in [1.807, 2.05) is 0 Å². The third-order valence-electron chi connectivity index (χ3n) is 5.22. The smallest absolute Gasteiger partial charge is 0.338 e. The number of ketones is 2. The lowest BCUT2D eigenvalue weighted by atomic mass is 10.1. The number of carbonyl (C=O) groups excluding carboxylic acids is 5. The molecule has 0 bridgehead atoms. The summed E-state index contributed by atoms with van der Waals surface area (Å²) in [5.74, 6) is -2.41. The maximum absolute atomic E-state index is 12.2. The van der Waals surface area contributed by atoms with Crippen molar-refractivity contribution in [1.82, 2.24) is 0 Å². The van der Waals surface area contributed by atoms with E-state index in [0.717, 1.165) is 0 Å². The SMILES string of the molecule is O=C(CCCC(=O)OCC(=O)c1ccc(Cl)cc1Cl)Nc1ccc(C(=O)OCC(=O)c2ccccc2)cc1. The predicted molar refractivity (Wildman–Crippen MR) is 142 cm³/mol. The van der Waals surface area contributed by atoms with Gasteiger partial charge in [-0.2, -0.15) is 0 Å². The monoisotopic (exact) mass is 555 g/mol. The van der Waals surface area contributed by atoms with Crippen LogP contribution in [-0.2, 0) is 19.1 Å². The van der Waals surface area contributed by atoms with Crippen molar-refractivity contribution >= 4 is 58.3 Å². The lowest BCUT2D eigenvalue weighted by Crippen LogP contribution is -2.16. The molecule has 1 N–H and O–H groups in total. The standard InChI is InChI=1S/C28H23Cl2NO7/c29-20-11-14-22(23(30)15-20)25(33)17-37-27(35)8-4-7-26(34)31-21-12-9-19(10-13-21)28(36)38-16-24(32)18-5-2-1-3-6-18/h1-3,5-6,9-15H,4,7-8,16-17H2,(H,31,34). The van der Waals surface area contributed by atoms with E-state index in [9.17, 15) is 24.0 Å². The molecule has 0 saturated heterocycles. The van der Waals surface area contributed by atoms with Gasteiger partial charge < -0.3 is 14.8 Å². The molecule has 3 aromatic rings. The van der Waals surface area contributed by atoms with Gasteiger partial charge >= 0.3 is 11.9 Å². The van der Waals surface area contributed by atoms with Gasteiger partial charge in [-0.05, 0) is 48.9 Å². The number of hydrogen-bond acceptors (Lipinski definition) is 7. The third kappa shape index (κ3) is 8.83. The number of Topliss-reactive ketones (excluding diaryl/α,β-unsaturated/α-hetero) is 2. The van der Waals surface area contributed by atoms with Crippen molar-refractivity contribution in [3.05, 3.63) is 99.5 Å². The number of benzene rings is 3. The zero-order valence-corrected chi connectivity index (χ0v) is 21.6. The molecule has 38 heavy (non-hydrogen) atoms. The van der Waals surface area contributed by atoms with Crippen LogP contribution in [0.2, 0.25) is 10.0 Å². The summed E-state index contributed by atoms with van der Waals surface area (Å²) >= 11 is 11.8. The normalized spacial score (nSPS) is 10.4. The van der Waals surface area contributed by atoms with E-state index in [4.69, 9.17) is 32.7 Å². The van der Waals surface area contributed by atoms with Crippen LogP contribution in [-0.4, -0.2) is 42.6 Å². The molecule has 0 spiro atoms. The van der Waals surface area contributed by atoms with E-state index in [2.05, 4.69) is 5.32 Å². The molecule has 0 aliphatic carbocycles. The molecule has 1 amide bonds. The predicted octanol–water partition coefficient (Wildman–Crippen LogP) is 5.57. The van der Waals surface area contributed by atoms with Crippen LogP contribution in [0.3, 0.4) is 0 Å². The highest BCUT2D eigenvalue weighted by molar-refractivity contribution is 6.36. The van der Waals surface area contributed by atoms with Crippen molar-refractivity contribution in [2.24, 2.45) is 0 Å². The highest BCUT2D eigenvalue weighted by atomic mass is 35.5. The summed E-state index contributed by atoms with van der Waals surface area (Å²) in [6.07, 6.45) is 0.194. The Hall–Kier alpha value is -4.01. The summed E-state index contributed by atoms with van der Waals surface area (Å²) in [6, 6.07) is 18.8. The molecule has 0 radical (unpaired) electrons. The van der Waals surface area contributed by atoms with Gasteiger partial charge in [0.05, 0.1) is 10.6 Å². The Balaban J connectivity index is 1.35. The molecule has 0 aromatic heterocycles. The number of amides is 1. The van der Waals surface area contributed by atoms with E-state index in [-0.39, 0.29) is 53.7 Å². The molecular weight excluding hydrogens is 533 g/mol. The Morgan fingerprint density at radius 2 is 1.39 bits per heavy atom. The molecule has 0 aliphatic rings. The van der Waals surface area contributed by atoms with Gasteiger partial charge in [0.25, 0.3) is 0 Å². The van der Waals surface area contributed by atoms with E-state index in [1.54, 1.807) is 30.3 Å². The first-order chi connectivity index (χ1) is 18.2. The lowest BCUT2D eigenvalue weighted by molar-refractivity contribution is -0.142. The molecule has 0 atom stereocenters. The first-order valence-corrected chi connectivity index (χ1v) is 12.3. The summed E-state index contributed by atoms with van der Waals surface area (Å²) in [5, 5.41) is 3.21. The zero-order valence-electron chi connectivity index (χ0n) is 20.1. The maximum Gasteiger partial charge on any atom is 0.338 e. The van der Waals surface area contributed by atoms with Crippen LogP contribution in [0.25, 0.3) is 0 Å². The Labute approximate surface area is 228 Å². The maximum atomic E-state index is 12.2. The summed E-state index contributed by atoms with van der Waals surface area (Å²) in [4.78, 5) is 60.5. The number of anilines is 1. The minimum atomic E-state index is -0.664. The van der Waals surface area contributed by atoms with Crippen molar-refractivity contribution in [2.75, 3.05) is 18.5 Å². The Kier molecular flexibility index (Phi) is 10.6. The van der Waals surface area contributed by atoms with E-state index < -0.39 is 24.3 Å². The quantitative estimate of drug-likeness (QED) is 0.229. The van der Waals surface area contributed by atoms with Crippen molar-refractivity contribution in [1.29, 1.82) is 0 Å².